The molecular weight excluding hydrogens is 471 g/mol. The summed E-state index contributed by atoms with van der Waals surface area (Å²) in [5.41, 5.74) is -1.37. The number of anilines is 1. The number of nitro groups is 1. The van der Waals surface area contributed by atoms with E-state index in [-0.39, 0.29) is 11.4 Å². The number of nitrogens with one attached hydrogen (secondary N) is 1. The van der Waals surface area contributed by atoms with Gasteiger partial charge in [-0.15, -0.1) is 0 Å². The summed E-state index contributed by atoms with van der Waals surface area (Å²) in [6.07, 6.45) is 0. The van der Waals surface area contributed by atoms with Crippen LogP contribution in [0.3, 0.4) is 0 Å². The van der Waals surface area contributed by atoms with Gasteiger partial charge in [-0.3, -0.25) is 10.1 Å². The van der Waals surface area contributed by atoms with Crippen LogP contribution in [-0.2, 0) is 4.74 Å². The molecule has 0 aromatic heterocycles. The number of nitrogens with zero attached hydrogens (tertiary/aromatic N) is 1. The van der Waals surface area contributed by atoms with Crippen LogP contribution in [-0.4, -0.2) is 23.3 Å². The molecule has 2 aromatic rings. The number of hydrogen-bond donors (Lipinski definition) is 1. The van der Waals surface area contributed by atoms with Gasteiger partial charge in [-0.25, -0.2) is 4.79 Å². The molecule has 0 amide bonds. The molecule has 0 bridgehead atoms. The number of halogens is 2. The predicted molar refractivity (Wildman–Crippen MR) is 115 cm³/mol. The standard InChI is InChI=1S/C18H19BrClN2O5P/c1-18(2,3)27-17(23)28(16-12(19)6-5-7-13(16)20)21-14-10-11(26-4)8-9-15(14)22(24)25/h5-10,21H,1-4H3. The molecule has 2 rings (SSSR count). The number of carbonyl (C=O) groups excluding carboxylic acids is 1. The Morgan fingerprint density at radius 3 is 2.50 bits per heavy atom. The minimum atomic E-state index is -1.91. The number of ether oxygens (including phenoxy) is 2. The smallest absolute Gasteiger partial charge is 0.352 e. The van der Waals surface area contributed by atoms with Crippen LogP contribution in [0.5, 0.6) is 5.75 Å². The molecule has 28 heavy (non-hydrogen) atoms. The summed E-state index contributed by atoms with van der Waals surface area (Å²) in [6.45, 7) is 5.23. The maximum atomic E-state index is 13.0. The average molecular weight is 490 g/mol. The third kappa shape index (κ3) is 5.56. The van der Waals surface area contributed by atoms with Crippen molar-refractivity contribution in [1.82, 2.24) is 0 Å². The molecule has 0 fully saturated rings. The fourth-order valence-electron chi connectivity index (χ4n) is 2.21. The number of carbonyl (C=O) groups is 1. The van der Waals surface area contributed by atoms with Gasteiger partial charge >= 0.3 is 5.71 Å². The van der Waals surface area contributed by atoms with Crippen LogP contribution in [0.4, 0.5) is 16.2 Å². The Bertz CT molecular complexity index is 884. The van der Waals surface area contributed by atoms with E-state index in [0.717, 1.165) is 0 Å². The van der Waals surface area contributed by atoms with Gasteiger partial charge in [-0.05, 0) is 39.0 Å². The van der Waals surface area contributed by atoms with Gasteiger partial charge in [-0.1, -0.05) is 33.6 Å². The van der Waals surface area contributed by atoms with E-state index in [1.165, 1.54) is 25.3 Å². The van der Waals surface area contributed by atoms with Gasteiger partial charge in [0.1, 0.15) is 25.1 Å². The number of methoxy groups -OCH3 is 1. The molecule has 0 aliphatic rings. The van der Waals surface area contributed by atoms with Crippen molar-refractivity contribution >= 4 is 58.0 Å². The first-order valence-electron chi connectivity index (χ1n) is 8.09. The molecule has 1 N–H and O–H groups in total. The molecule has 0 radical (unpaired) electrons. The molecule has 1 atom stereocenters. The largest absolute Gasteiger partial charge is 0.497 e. The Balaban J connectivity index is 2.58. The normalized spacial score (nSPS) is 12.2. The molecule has 1 unspecified atom stereocenters. The summed E-state index contributed by atoms with van der Waals surface area (Å²) in [5, 5.41) is 15.2. The van der Waals surface area contributed by atoms with E-state index in [4.69, 9.17) is 21.1 Å². The molecule has 10 heteroatoms. The number of hydrogen-bond acceptors (Lipinski definition) is 6. The summed E-state index contributed by atoms with van der Waals surface area (Å²) >= 11 is 9.76. The number of rotatable bonds is 6. The van der Waals surface area contributed by atoms with E-state index in [1.54, 1.807) is 39.0 Å². The molecule has 0 aliphatic heterocycles. The predicted octanol–water partition coefficient (Wildman–Crippen LogP) is 6.09. The molecule has 150 valence electrons. The van der Waals surface area contributed by atoms with Gasteiger partial charge < -0.3 is 14.6 Å². The highest BCUT2D eigenvalue weighted by atomic mass is 79.9. The molecule has 0 aliphatic carbocycles. The lowest BCUT2D eigenvalue weighted by molar-refractivity contribution is -0.383. The van der Waals surface area contributed by atoms with E-state index < -0.39 is 24.3 Å². The summed E-state index contributed by atoms with van der Waals surface area (Å²) in [5.74, 6) is 0.408. The van der Waals surface area contributed by atoms with E-state index in [0.29, 0.717) is 20.5 Å². The van der Waals surface area contributed by atoms with E-state index >= 15 is 0 Å². The fraction of sp³-hybridized carbons (Fsp3) is 0.278. The molecule has 0 saturated heterocycles. The minimum absolute atomic E-state index is 0.133. The first kappa shape index (κ1) is 22.4. The summed E-state index contributed by atoms with van der Waals surface area (Å²) in [4.78, 5) is 23.9. The Hall–Kier alpha value is -1.89. The van der Waals surface area contributed by atoms with Gasteiger partial charge in [0, 0.05) is 21.9 Å². The highest BCUT2D eigenvalue weighted by Crippen LogP contribution is 2.45. The minimum Gasteiger partial charge on any atom is -0.497 e. The van der Waals surface area contributed by atoms with Gasteiger partial charge in [0.05, 0.1) is 17.1 Å². The number of nitro benzene ring substituents is 1. The van der Waals surface area contributed by atoms with Gasteiger partial charge in [0.2, 0.25) is 0 Å². The van der Waals surface area contributed by atoms with Crippen molar-refractivity contribution in [3.8, 4) is 5.75 Å². The lowest BCUT2D eigenvalue weighted by Crippen LogP contribution is -2.26. The van der Waals surface area contributed by atoms with Crippen LogP contribution in [0, 0.1) is 10.1 Å². The van der Waals surface area contributed by atoms with Crippen molar-refractivity contribution in [2.75, 3.05) is 12.2 Å². The molecule has 2 aromatic carbocycles. The average Bonchev–Trinajstić information content (AvgIpc) is 2.58. The third-order valence-corrected chi connectivity index (χ3v) is 6.63. The Kier molecular flexibility index (Phi) is 7.26. The van der Waals surface area contributed by atoms with Crippen LogP contribution in [0.2, 0.25) is 5.02 Å². The summed E-state index contributed by atoms with van der Waals surface area (Å²) in [6, 6.07) is 9.36. The molecule has 0 saturated carbocycles. The summed E-state index contributed by atoms with van der Waals surface area (Å²) in [7, 11) is -0.457. The fourth-order valence-corrected chi connectivity index (χ4v) is 5.40. The first-order chi connectivity index (χ1) is 13.0. The van der Waals surface area contributed by atoms with Crippen molar-refractivity contribution in [2.24, 2.45) is 0 Å². The Morgan fingerprint density at radius 2 is 1.96 bits per heavy atom. The zero-order chi connectivity index (χ0) is 21.1. The van der Waals surface area contributed by atoms with Crippen LogP contribution in [0.15, 0.2) is 40.9 Å². The number of benzene rings is 2. The monoisotopic (exact) mass is 488 g/mol. The lowest BCUT2D eigenvalue weighted by atomic mass is 10.2. The zero-order valence-corrected chi connectivity index (χ0v) is 18.9. The maximum Gasteiger partial charge on any atom is 0.352 e. The summed E-state index contributed by atoms with van der Waals surface area (Å²) < 4.78 is 11.3. The van der Waals surface area contributed by atoms with Gasteiger partial charge in [0.25, 0.3) is 5.69 Å². The van der Waals surface area contributed by atoms with Gasteiger partial charge in [0.15, 0.2) is 0 Å². The quantitative estimate of drug-likeness (QED) is 0.300. The van der Waals surface area contributed by atoms with Gasteiger partial charge in [-0.2, -0.15) is 0 Å². The maximum absolute atomic E-state index is 13.0. The van der Waals surface area contributed by atoms with Crippen molar-refractivity contribution in [1.29, 1.82) is 0 Å². The second kappa shape index (κ2) is 9.07. The van der Waals surface area contributed by atoms with E-state index in [9.17, 15) is 14.9 Å². The second-order valence-corrected chi connectivity index (χ2v) is 9.61. The molecule has 0 spiro atoms. The Labute approximate surface area is 177 Å². The third-order valence-electron chi connectivity index (χ3n) is 3.37. The highest BCUT2D eigenvalue weighted by molar-refractivity contribution is 9.10. The first-order valence-corrected chi connectivity index (χ1v) is 10.6. The topological polar surface area (TPSA) is 90.7 Å². The van der Waals surface area contributed by atoms with Crippen LogP contribution >= 0.6 is 35.6 Å². The Morgan fingerprint density at radius 1 is 1.29 bits per heavy atom. The van der Waals surface area contributed by atoms with Crippen molar-refractivity contribution in [3.63, 3.8) is 0 Å². The van der Waals surface area contributed by atoms with E-state index in [2.05, 4.69) is 21.0 Å². The molecule has 0 heterocycles. The molecular formula is C18H19BrClN2O5P. The van der Waals surface area contributed by atoms with Crippen LogP contribution in [0.1, 0.15) is 20.8 Å². The van der Waals surface area contributed by atoms with E-state index in [1.807, 2.05) is 0 Å². The SMILES string of the molecule is COc1ccc([N+](=O)[O-])c(NP(C(=O)OC(C)(C)C)c2c(Cl)cccc2Br)c1. The van der Waals surface area contributed by atoms with Crippen molar-refractivity contribution in [3.05, 3.63) is 56.0 Å². The van der Waals surface area contributed by atoms with Crippen LogP contribution < -0.4 is 15.1 Å². The van der Waals surface area contributed by atoms with Crippen LogP contribution in [0.25, 0.3) is 0 Å². The molecule has 7 nitrogen and oxygen atoms in total. The zero-order valence-electron chi connectivity index (χ0n) is 15.7. The van der Waals surface area contributed by atoms with Crippen molar-refractivity contribution < 1.29 is 19.2 Å². The lowest BCUT2D eigenvalue weighted by Gasteiger charge is -2.26. The van der Waals surface area contributed by atoms with Crippen molar-refractivity contribution in [2.45, 2.75) is 26.4 Å². The highest BCUT2D eigenvalue weighted by Gasteiger charge is 2.32. The second-order valence-electron chi connectivity index (χ2n) is 6.64.